The lowest BCUT2D eigenvalue weighted by atomic mass is 10.1. The maximum atomic E-state index is 11.7. The summed E-state index contributed by atoms with van der Waals surface area (Å²) in [5, 5.41) is 10.1. The molecule has 2 aromatic rings. The SMILES string of the molecule is Cc1ccc(C(O)Cn2ccc(C)cc2=O)cc1. The fourth-order valence-electron chi connectivity index (χ4n) is 1.84. The molecule has 1 aromatic heterocycles. The normalized spacial score (nSPS) is 12.4. The van der Waals surface area contributed by atoms with Crippen LogP contribution in [0, 0.1) is 13.8 Å². The molecule has 0 bridgehead atoms. The Morgan fingerprint density at radius 1 is 1.11 bits per heavy atom. The van der Waals surface area contributed by atoms with Gasteiger partial charge in [-0.15, -0.1) is 0 Å². The van der Waals surface area contributed by atoms with E-state index < -0.39 is 6.10 Å². The molecule has 1 N–H and O–H groups in total. The number of hydrogen-bond acceptors (Lipinski definition) is 2. The van der Waals surface area contributed by atoms with Crippen LogP contribution in [0.1, 0.15) is 22.8 Å². The van der Waals surface area contributed by atoms with E-state index in [9.17, 15) is 9.90 Å². The molecular weight excluding hydrogens is 226 g/mol. The molecule has 0 spiro atoms. The van der Waals surface area contributed by atoms with E-state index in [0.717, 1.165) is 16.7 Å². The maximum absolute atomic E-state index is 11.7. The zero-order valence-electron chi connectivity index (χ0n) is 10.6. The first-order valence-corrected chi connectivity index (χ1v) is 5.98. The molecule has 1 unspecified atom stereocenters. The maximum Gasteiger partial charge on any atom is 0.250 e. The lowest BCUT2D eigenvalue weighted by Crippen LogP contribution is -2.22. The standard InChI is InChI=1S/C15H17NO2/c1-11-3-5-13(6-4-11)14(17)10-16-8-7-12(2)9-15(16)18/h3-9,14,17H,10H2,1-2H3. The Bertz CT molecular complexity index is 584. The Balaban J connectivity index is 2.18. The number of aliphatic hydroxyl groups excluding tert-OH is 1. The van der Waals surface area contributed by atoms with Gasteiger partial charge in [-0.05, 0) is 31.0 Å². The number of rotatable bonds is 3. The quantitative estimate of drug-likeness (QED) is 0.898. The highest BCUT2D eigenvalue weighted by Gasteiger charge is 2.08. The number of benzene rings is 1. The Kier molecular flexibility index (Phi) is 3.63. The van der Waals surface area contributed by atoms with E-state index in [0.29, 0.717) is 0 Å². The van der Waals surface area contributed by atoms with Gasteiger partial charge >= 0.3 is 0 Å². The zero-order chi connectivity index (χ0) is 13.1. The van der Waals surface area contributed by atoms with Crippen LogP contribution in [0.4, 0.5) is 0 Å². The van der Waals surface area contributed by atoms with Crippen LogP contribution in [0.2, 0.25) is 0 Å². The van der Waals surface area contributed by atoms with Crippen LogP contribution in [0.25, 0.3) is 0 Å². The molecule has 0 aliphatic rings. The topological polar surface area (TPSA) is 42.2 Å². The second-order valence-electron chi connectivity index (χ2n) is 4.62. The smallest absolute Gasteiger partial charge is 0.250 e. The zero-order valence-corrected chi connectivity index (χ0v) is 10.6. The third-order valence-corrected chi connectivity index (χ3v) is 2.98. The Hall–Kier alpha value is -1.87. The predicted octanol–water partition coefficient (Wildman–Crippen LogP) is 2.20. The minimum atomic E-state index is -0.661. The number of aryl methyl sites for hydroxylation is 2. The largest absolute Gasteiger partial charge is 0.387 e. The van der Waals surface area contributed by atoms with Gasteiger partial charge in [0.05, 0.1) is 12.6 Å². The molecule has 1 heterocycles. The summed E-state index contributed by atoms with van der Waals surface area (Å²) in [7, 11) is 0. The summed E-state index contributed by atoms with van der Waals surface area (Å²) < 4.78 is 1.53. The van der Waals surface area contributed by atoms with E-state index in [1.807, 2.05) is 44.2 Å². The third-order valence-electron chi connectivity index (χ3n) is 2.98. The minimum Gasteiger partial charge on any atom is -0.387 e. The molecule has 18 heavy (non-hydrogen) atoms. The number of aromatic nitrogens is 1. The highest BCUT2D eigenvalue weighted by Crippen LogP contribution is 2.15. The molecule has 1 aromatic carbocycles. The summed E-state index contributed by atoms with van der Waals surface area (Å²) in [6.45, 7) is 4.16. The van der Waals surface area contributed by atoms with E-state index in [1.54, 1.807) is 12.3 Å². The number of hydrogen-bond donors (Lipinski definition) is 1. The molecule has 0 aliphatic carbocycles. The summed E-state index contributed by atoms with van der Waals surface area (Å²) >= 11 is 0. The Morgan fingerprint density at radius 2 is 1.78 bits per heavy atom. The fraction of sp³-hybridized carbons (Fsp3) is 0.267. The first-order valence-electron chi connectivity index (χ1n) is 5.98. The average molecular weight is 243 g/mol. The summed E-state index contributed by atoms with van der Waals surface area (Å²) in [6.07, 6.45) is 1.06. The molecular formula is C15H17NO2. The minimum absolute atomic E-state index is 0.0823. The first kappa shape index (κ1) is 12.6. The highest BCUT2D eigenvalue weighted by atomic mass is 16.3. The van der Waals surface area contributed by atoms with E-state index in [-0.39, 0.29) is 12.1 Å². The molecule has 3 nitrogen and oxygen atoms in total. The van der Waals surface area contributed by atoms with Gasteiger partial charge in [-0.3, -0.25) is 4.79 Å². The number of nitrogens with zero attached hydrogens (tertiary/aromatic N) is 1. The number of pyridine rings is 1. The van der Waals surface area contributed by atoms with Gasteiger partial charge in [0.1, 0.15) is 0 Å². The van der Waals surface area contributed by atoms with Crippen molar-refractivity contribution in [1.29, 1.82) is 0 Å². The van der Waals surface area contributed by atoms with E-state index in [2.05, 4.69) is 0 Å². The van der Waals surface area contributed by atoms with Crippen molar-refractivity contribution in [2.24, 2.45) is 0 Å². The van der Waals surface area contributed by atoms with E-state index >= 15 is 0 Å². The van der Waals surface area contributed by atoms with Crippen LogP contribution < -0.4 is 5.56 Å². The van der Waals surface area contributed by atoms with Crippen LogP contribution in [0.3, 0.4) is 0 Å². The van der Waals surface area contributed by atoms with Crippen molar-refractivity contribution < 1.29 is 5.11 Å². The first-order chi connectivity index (χ1) is 8.56. The van der Waals surface area contributed by atoms with Gasteiger partial charge in [-0.25, -0.2) is 0 Å². The third kappa shape index (κ3) is 2.87. The van der Waals surface area contributed by atoms with Gasteiger partial charge in [0, 0.05) is 12.3 Å². The number of aliphatic hydroxyl groups is 1. The Labute approximate surface area is 106 Å². The van der Waals surface area contributed by atoms with E-state index in [4.69, 9.17) is 0 Å². The monoisotopic (exact) mass is 243 g/mol. The molecule has 3 heteroatoms. The van der Waals surface area contributed by atoms with Crippen molar-refractivity contribution in [2.75, 3.05) is 0 Å². The second kappa shape index (κ2) is 5.19. The van der Waals surface area contributed by atoms with Crippen LogP contribution in [0.5, 0.6) is 0 Å². The van der Waals surface area contributed by atoms with Crippen LogP contribution in [-0.2, 0) is 6.54 Å². The molecule has 0 saturated carbocycles. The predicted molar refractivity (Wildman–Crippen MR) is 71.6 cm³/mol. The van der Waals surface area contributed by atoms with Gasteiger partial charge in [-0.1, -0.05) is 29.8 Å². The van der Waals surface area contributed by atoms with Crippen molar-refractivity contribution in [3.63, 3.8) is 0 Å². The van der Waals surface area contributed by atoms with Crippen molar-refractivity contribution in [1.82, 2.24) is 4.57 Å². The lowest BCUT2D eigenvalue weighted by Gasteiger charge is -2.13. The lowest BCUT2D eigenvalue weighted by molar-refractivity contribution is 0.155. The molecule has 0 radical (unpaired) electrons. The van der Waals surface area contributed by atoms with Crippen molar-refractivity contribution in [3.8, 4) is 0 Å². The summed E-state index contributed by atoms with van der Waals surface area (Å²) in [5.74, 6) is 0. The molecule has 0 aliphatic heterocycles. The van der Waals surface area contributed by atoms with E-state index in [1.165, 1.54) is 4.57 Å². The van der Waals surface area contributed by atoms with Crippen molar-refractivity contribution >= 4 is 0 Å². The van der Waals surface area contributed by atoms with Crippen LogP contribution in [-0.4, -0.2) is 9.67 Å². The van der Waals surface area contributed by atoms with Gasteiger partial charge in [0.25, 0.3) is 5.56 Å². The molecule has 2 rings (SSSR count). The fourth-order valence-corrected chi connectivity index (χ4v) is 1.84. The molecule has 0 fully saturated rings. The Morgan fingerprint density at radius 3 is 2.39 bits per heavy atom. The summed E-state index contributed by atoms with van der Waals surface area (Å²) in [4.78, 5) is 11.7. The molecule has 0 amide bonds. The molecule has 1 atom stereocenters. The van der Waals surface area contributed by atoms with Gasteiger partial charge < -0.3 is 9.67 Å². The average Bonchev–Trinajstić information content (AvgIpc) is 2.33. The van der Waals surface area contributed by atoms with Crippen molar-refractivity contribution in [3.05, 3.63) is 69.6 Å². The summed E-state index contributed by atoms with van der Waals surface area (Å²) in [6, 6.07) is 11.1. The molecule has 94 valence electrons. The summed E-state index contributed by atoms with van der Waals surface area (Å²) in [5.41, 5.74) is 2.83. The van der Waals surface area contributed by atoms with Gasteiger partial charge in [0.15, 0.2) is 0 Å². The second-order valence-corrected chi connectivity index (χ2v) is 4.62. The van der Waals surface area contributed by atoms with Crippen molar-refractivity contribution in [2.45, 2.75) is 26.5 Å². The van der Waals surface area contributed by atoms with Gasteiger partial charge in [-0.2, -0.15) is 0 Å². The molecule has 0 saturated heterocycles. The van der Waals surface area contributed by atoms with Crippen LogP contribution in [0.15, 0.2) is 47.4 Å². The van der Waals surface area contributed by atoms with Crippen LogP contribution >= 0.6 is 0 Å². The van der Waals surface area contributed by atoms with Gasteiger partial charge in [0.2, 0.25) is 0 Å². The highest BCUT2D eigenvalue weighted by molar-refractivity contribution is 5.23.